The zero-order valence-corrected chi connectivity index (χ0v) is 11.6. The maximum absolute atomic E-state index is 12.6. The van der Waals surface area contributed by atoms with Crippen molar-refractivity contribution in [1.82, 2.24) is 10.6 Å². The molecule has 116 valence electrons. The lowest BCUT2D eigenvalue weighted by molar-refractivity contribution is -0.137. The van der Waals surface area contributed by atoms with E-state index in [9.17, 15) is 18.0 Å². The molecule has 4 nitrogen and oxygen atoms in total. The highest BCUT2D eigenvalue weighted by molar-refractivity contribution is 5.77. The summed E-state index contributed by atoms with van der Waals surface area (Å²) in [7, 11) is 0. The number of amides is 1. The fourth-order valence-corrected chi connectivity index (χ4v) is 1.93. The Bertz CT molecular complexity index is 513. The molecule has 1 fully saturated rings. The van der Waals surface area contributed by atoms with Crippen LogP contribution in [0.3, 0.4) is 0 Å². The number of carbonyl (C=O) groups excluding carboxylic acids is 1. The number of nitrogens with one attached hydrogen (secondary N) is 2. The van der Waals surface area contributed by atoms with Crippen LogP contribution in [0, 0.1) is 0 Å². The molecule has 0 bridgehead atoms. The molecule has 2 rings (SSSR count). The Hall–Kier alpha value is -1.60. The lowest BCUT2D eigenvalue weighted by Crippen LogP contribution is -2.59. The first-order chi connectivity index (χ1) is 9.78. The normalized spacial score (nSPS) is 17.1. The fourth-order valence-electron chi connectivity index (χ4n) is 1.93. The molecule has 1 amide bonds. The molecule has 0 unspecified atom stereocenters. The number of rotatable bonds is 5. The Kier molecular flexibility index (Phi) is 4.53. The average molecular weight is 302 g/mol. The van der Waals surface area contributed by atoms with Gasteiger partial charge in [-0.25, -0.2) is 0 Å². The van der Waals surface area contributed by atoms with Crippen LogP contribution in [0.2, 0.25) is 0 Å². The maximum atomic E-state index is 12.6. The summed E-state index contributed by atoms with van der Waals surface area (Å²) in [5, 5.41) is 5.59. The van der Waals surface area contributed by atoms with Crippen LogP contribution in [-0.4, -0.2) is 31.2 Å². The van der Waals surface area contributed by atoms with Crippen molar-refractivity contribution in [1.29, 1.82) is 0 Å². The topological polar surface area (TPSA) is 50.4 Å². The van der Waals surface area contributed by atoms with Crippen LogP contribution in [0.4, 0.5) is 13.2 Å². The summed E-state index contributed by atoms with van der Waals surface area (Å²) in [5.41, 5.74) is -0.652. The molecule has 1 aliphatic rings. The molecule has 0 radical (unpaired) electrons. The van der Waals surface area contributed by atoms with E-state index in [2.05, 4.69) is 10.6 Å². The number of hydrogen-bond acceptors (Lipinski definition) is 3. The lowest BCUT2D eigenvalue weighted by atomic mass is 10.0. The van der Waals surface area contributed by atoms with Gasteiger partial charge in [-0.15, -0.1) is 0 Å². The molecule has 1 aliphatic heterocycles. The minimum Gasteiger partial charge on any atom is -0.363 e. The SMILES string of the molecule is CC1(OCC(=O)NCc2cccc(C(F)(F)F)c2)CNC1. The number of carbonyl (C=O) groups is 1. The largest absolute Gasteiger partial charge is 0.416 e. The van der Waals surface area contributed by atoms with E-state index in [-0.39, 0.29) is 24.7 Å². The summed E-state index contributed by atoms with van der Waals surface area (Å²) in [5.74, 6) is -0.347. The predicted molar refractivity (Wildman–Crippen MR) is 70.5 cm³/mol. The first kappa shape index (κ1) is 15.8. The first-order valence-corrected chi connectivity index (χ1v) is 6.56. The van der Waals surface area contributed by atoms with Gasteiger partial charge < -0.3 is 15.4 Å². The van der Waals surface area contributed by atoms with Gasteiger partial charge in [0.1, 0.15) is 6.61 Å². The lowest BCUT2D eigenvalue weighted by Gasteiger charge is -2.38. The molecule has 1 saturated heterocycles. The molecule has 0 aliphatic carbocycles. The van der Waals surface area contributed by atoms with E-state index in [1.54, 1.807) is 0 Å². The second-order valence-electron chi connectivity index (χ2n) is 5.32. The molecule has 0 spiro atoms. The van der Waals surface area contributed by atoms with Gasteiger partial charge >= 0.3 is 6.18 Å². The van der Waals surface area contributed by atoms with Gasteiger partial charge in [0.2, 0.25) is 5.91 Å². The fraction of sp³-hybridized carbons (Fsp3) is 0.500. The van der Waals surface area contributed by atoms with Crippen molar-refractivity contribution < 1.29 is 22.7 Å². The third-order valence-corrected chi connectivity index (χ3v) is 3.29. The summed E-state index contributed by atoms with van der Waals surface area (Å²) in [6.45, 7) is 3.21. The Morgan fingerprint density at radius 1 is 1.43 bits per heavy atom. The number of hydrogen-bond donors (Lipinski definition) is 2. The van der Waals surface area contributed by atoms with Crippen molar-refractivity contribution in [2.45, 2.75) is 25.2 Å². The Labute approximate surface area is 120 Å². The highest BCUT2D eigenvalue weighted by atomic mass is 19.4. The minimum absolute atomic E-state index is 0.0427. The van der Waals surface area contributed by atoms with Crippen LogP contribution in [0.25, 0.3) is 0 Å². The van der Waals surface area contributed by atoms with Gasteiger partial charge in [-0.05, 0) is 24.6 Å². The molecule has 1 aromatic carbocycles. The quantitative estimate of drug-likeness (QED) is 0.870. The van der Waals surface area contributed by atoms with Gasteiger partial charge in [-0.1, -0.05) is 12.1 Å². The molecule has 1 heterocycles. The molecular weight excluding hydrogens is 285 g/mol. The van der Waals surface area contributed by atoms with Gasteiger partial charge in [-0.2, -0.15) is 13.2 Å². The van der Waals surface area contributed by atoms with Crippen LogP contribution in [-0.2, 0) is 22.3 Å². The molecule has 0 atom stereocenters. The van der Waals surface area contributed by atoms with Gasteiger partial charge in [0, 0.05) is 19.6 Å². The van der Waals surface area contributed by atoms with E-state index in [1.165, 1.54) is 12.1 Å². The van der Waals surface area contributed by atoms with Gasteiger partial charge in [0.15, 0.2) is 0 Å². The third kappa shape index (κ3) is 4.44. The van der Waals surface area contributed by atoms with E-state index in [0.29, 0.717) is 18.7 Å². The molecule has 21 heavy (non-hydrogen) atoms. The molecular formula is C14H17F3N2O2. The highest BCUT2D eigenvalue weighted by Gasteiger charge is 2.33. The molecule has 7 heteroatoms. The van der Waals surface area contributed by atoms with Crippen molar-refractivity contribution in [2.24, 2.45) is 0 Å². The third-order valence-electron chi connectivity index (χ3n) is 3.29. The van der Waals surface area contributed by atoms with Crippen molar-refractivity contribution in [3.05, 3.63) is 35.4 Å². The summed E-state index contributed by atoms with van der Waals surface area (Å²) in [4.78, 5) is 11.6. The van der Waals surface area contributed by atoms with Crippen LogP contribution < -0.4 is 10.6 Å². The van der Waals surface area contributed by atoms with Gasteiger partial charge in [0.05, 0.1) is 11.2 Å². The van der Waals surface area contributed by atoms with Crippen LogP contribution in [0.1, 0.15) is 18.1 Å². The average Bonchev–Trinajstić information content (AvgIpc) is 2.40. The van der Waals surface area contributed by atoms with E-state index >= 15 is 0 Å². The summed E-state index contributed by atoms with van der Waals surface area (Å²) in [6, 6.07) is 4.88. The Morgan fingerprint density at radius 2 is 2.14 bits per heavy atom. The van der Waals surface area contributed by atoms with Crippen molar-refractivity contribution in [2.75, 3.05) is 19.7 Å². The number of benzene rings is 1. The van der Waals surface area contributed by atoms with E-state index in [1.807, 2.05) is 6.92 Å². The monoisotopic (exact) mass is 302 g/mol. The summed E-state index contributed by atoms with van der Waals surface area (Å²) < 4.78 is 43.1. The van der Waals surface area contributed by atoms with Gasteiger partial charge in [0.25, 0.3) is 0 Å². The number of ether oxygens (including phenoxy) is 1. The number of halogens is 3. The van der Waals surface area contributed by atoms with E-state index in [0.717, 1.165) is 12.1 Å². The standard InChI is InChI=1S/C14H17F3N2O2/c1-13(8-18-9-13)21-7-12(20)19-6-10-3-2-4-11(5-10)14(15,16)17/h2-5,18H,6-9H2,1H3,(H,19,20). The van der Waals surface area contributed by atoms with Crippen molar-refractivity contribution in [3.8, 4) is 0 Å². The molecule has 1 aromatic rings. The maximum Gasteiger partial charge on any atom is 0.416 e. The van der Waals surface area contributed by atoms with Crippen LogP contribution >= 0.6 is 0 Å². The predicted octanol–water partition coefficient (Wildman–Crippen LogP) is 1.70. The Morgan fingerprint density at radius 3 is 2.71 bits per heavy atom. The highest BCUT2D eigenvalue weighted by Crippen LogP contribution is 2.29. The van der Waals surface area contributed by atoms with Gasteiger partial charge in [-0.3, -0.25) is 4.79 Å². The number of alkyl halides is 3. The second-order valence-corrected chi connectivity index (χ2v) is 5.32. The molecule has 0 aromatic heterocycles. The van der Waals surface area contributed by atoms with Crippen molar-refractivity contribution in [3.63, 3.8) is 0 Å². The molecule has 0 saturated carbocycles. The smallest absolute Gasteiger partial charge is 0.363 e. The zero-order chi connectivity index (χ0) is 15.5. The minimum atomic E-state index is -4.38. The van der Waals surface area contributed by atoms with E-state index < -0.39 is 11.7 Å². The second kappa shape index (κ2) is 6.03. The Balaban J connectivity index is 1.81. The zero-order valence-electron chi connectivity index (χ0n) is 11.6. The van der Waals surface area contributed by atoms with Crippen LogP contribution in [0.15, 0.2) is 24.3 Å². The summed E-state index contributed by atoms with van der Waals surface area (Å²) in [6.07, 6.45) is -4.38. The summed E-state index contributed by atoms with van der Waals surface area (Å²) >= 11 is 0. The van der Waals surface area contributed by atoms with Crippen LogP contribution in [0.5, 0.6) is 0 Å². The first-order valence-electron chi connectivity index (χ1n) is 6.56. The van der Waals surface area contributed by atoms with E-state index in [4.69, 9.17) is 4.74 Å². The molecule has 2 N–H and O–H groups in total. The van der Waals surface area contributed by atoms with Crippen molar-refractivity contribution >= 4 is 5.91 Å².